The van der Waals surface area contributed by atoms with Crippen molar-refractivity contribution in [3.8, 4) is 22.5 Å². The van der Waals surface area contributed by atoms with E-state index in [1.165, 1.54) is 0 Å². The Morgan fingerprint density at radius 1 is 1.09 bits per heavy atom. The van der Waals surface area contributed by atoms with Gasteiger partial charge in [-0.25, -0.2) is 5.10 Å². The highest BCUT2D eigenvalue weighted by Crippen LogP contribution is 2.30. The summed E-state index contributed by atoms with van der Waals surface area (Å²) >= 11 is 0. The molecule has 8 heteroatoms. The summed E-state index contributed by atoms with van der Waals surface area (Å²) in [5, 5.41) is 34.7. The summed E-state index contributed by atoms with van der Waals surface area (Å²) in [6, 6.07) is 15.0. The number of carboxylic acid groups (broad SMARTS) is 1. The van der Waals surface area contributed by atoms with Crippen molar-refractivity contribution in [3.63, 3.8) is 0 Å². The van der Waals surface area contributed by atoms with Crippen molar-refractivity contribution in [2.75, 3.05) is 0 Å². The molecule has 1 heterocycles. The fourth-order valence-corrected chi connectivity index (χ4v) is 3.97. The summed E-state index contributed by atoms with van der Waals surface area (Å²) in [6.45, 7) is 6.15. The Hall–Kier alpha value is -3.10. The minimum absolute atomic E-state index is 0.134. The largest absolute Gasteiger partial charge is 0.480 e. The van der Waals surface area contributed by atoms with Crippen LogP contribution in [0.4, 0.5) is 0 Å². The van der Waals surface area contributed by atoms with Crippen LogP contribution in [0.5, 0.6) is 0 Å². The van der Waals surface area contributed by atoms with E-state index in [0.717, 1.165) is 35.1 Å². The lowest BCUT2D eigenvalue weighted by Crippen LogP contribution is -2.49. The van der Waals surface area contributed by atoms with Gasteiger partial charge in [-0.05, 0) is 45.9 Å². The number of hydrogen-bond acceptors (Lipinski definition) is 6. The summed E-state index contributed by atoms with van der Waals surface area (Å²) in [7, 11) is 0. The van der Waals surface area contributed by atoms with E-state index in [1.54, 1.807) is 4.90 Å². The Kier molecular flexibility index (Phi) is 8.08. The zero-order valence-corrected chi connectivity index (χ0v) is 18.8. The SMILES string of the molecule is CCCCC(O)N(Cc1ccc(-c2ccccc2-c2nnn[nH]2)cc1)C(C(=O)O)C(C)C. The lowest BCUT2D eigenvalue weighted by atomic mass is 9.97. The van der Waals surface area contributed by atoms with Crippen molar-refractivity contribution >= 4 is 5.97 Å². The molecule has 0 bridgehead atoms. The Labute approximate surface area is 188 Å². The number of aliphatic hydroxyl groups excluding tert-OH is 1. The standard InChI is InChI=1S/C24H31N5O3/c1-4-5-10-21(30)29(22(16(2)3)24(31)32)15-17-11-13-18(14-12-17)19-8-6-7-9-20(19)23-25-27-28-26-23/h6-9,11-14,16,21-22,30H,4-5,10,15H2,1-3H3,(H,31,32)(H,25,26,27,28). The maximum absolute atomic E-state index is 12.0. The first-order valence-corrected chi connectivity index (χ1v) is 11.0. The van der Waals surface area contributed by atoms with E-state index in [1.807, 2.05) is 62.4 Å². The van der Waals surface area contributed by atoms with E-state index in [9.17, 15) is 15.0 Å². The number of nitrogens with one attached hydrogen (secondary N) is 1. The van der Waals surface area contributed by atoms with Crippen LogP contribution < -0.4 is 0 Å². The van der Waals surface area contributed by atoms with Gasteiger partial charge in [-0.3, -0.25) is 9.69 Å². The highest BCUT2D eigenvalue weighted by atomic mass is 16.4. The number of carbonyl (C=O) groups is 1. The first-order valence-electron chi connectivity index (χ1n) is 11.0. The number of nitrogens with zero attached hydrogens (tertiary/aromatic N) is 4. The highest BCUT2D eigenvalue weighted by Gasteiger charge is 2.32. The predicted molar refractivity (Wildman–Crippen MR) is 122 cm³/mol. The summed E-state index contributed by atoms with van der Waals surface area (Å²) in [5.41, 5.74) is 3.82. The van der Waals surface area contributed by atoms with E-state index in [-0.39, 0.29) is 5.92 Å². The molecule has 0 radical (unpaired) electrons. The number of aromatic nitrogens is 4. The molecule has 8 nitrogen and oxygen atoms in total. The number of carboxylic acids is 1. The maximum Gasteiger partial charge on any atom is 0.321 e. The van der Waals surface area contributed by atoms with Gasteiger partial charge < -0.3 is 10.2 Å². The van der Waals surface area contributed by atoms with Crippen LogP contribution in [0, 0.1) is 5.92 Å². The van der Waals surface area contributed by atoms with Crippen LogP contribution in [0.3, 0.4) is 0 Å². The van der Waals surface area contributed by atoms with Gasteiger partial charge in [0.15, 0.2) is 5.82 Å². The molecule has 170 valence electrons. The van der Waals surface area contributed by atoms with Crippen LogP contribution in [-0.2, 0) is 11.3 Å². The van der Waals surface area contributed by atoms with Gasteiger partial charge in [0.1, 0.15) is 12.3 Å². The third-order valence-corrected chi connectivity index (χ3v) is 5.60. The third-order valence-electron chi connectivity index (χ3n) is 5.60. The number of aliphatic carboxylic acids is 1. The number of tetrazole rings is 1. The first kappa shape index (κ1) is 23.6. The van der Waals surface area contributed by atoms with E-state index in [2.05, 4.69) is 27.5 Å². The lowest BCUT2D eigenvalue weighted by Gasteiger charge is -2.35. The van der Waals surface area contributed by atoms with E-state index < -0.39 is 18.2 Å². The minimum atomic E-state index is -0.915. The molecule has 0 saturated heterocycles. The van der Waals surface area contributed by atoms with Gasteiger partial charge in [0, 0.05) is 12.1 Å². The van der Waals surface area contributed by atoms with E-state index in [0.29, 0.717) is 18.8 Å². The predicted octanol–water partition coefficient (Wildman–Crippen LogP) is 3.95. The average molecular weight is 438 g/mol. The Bertz CT molecular complexity index is 989. The first-order chi connectivity index (χ1) is 15.4. The summed E-state index contributed by atoms with van der Waals surface area (Å²) < 4.78 is 0. The Morgan fingerprint density at radius 2 is 1.78 bits per heavy atom. The fraction of sp³-hybridized carbons (Fsp3) is 0.417. The highest BCUT2D eigenvalue weighted by molar-refractivity contribution is 5.80. The molecule has 2 aromatic carbocycles. The van der Waals surface area contributed by atoms with Crippen molar-refractivity contribution in [2.24, 2.45) is 5.92 Å². The van der Waals surface area contributed by atoms with E-state index in [4.69, 9.17) is 0 Å². The number of aliphatic hydroxyl groups is 1. The Morgan fingerprint density at radius 3 is 2.34 bits per heavy atom. The smallest absolute Gasteiger partial charge is 0.321 e. The number of H-pyrrole nitrogens is 1. The second-order valence-corrected chi connectivity index (χ2v) is 8.31. The van der Waals surface area contributed by atoms with Gasteiger partial charge in [-0.1, -0.05) is 75.7 Å². The molecule has 1 aromatic heterocycles. The molecule has 0 aliphatic heterocycles. The summed E-state index contributed by atoms with van der Waals surface area (Å²) in [4.78, 5) is 13.7. The molecular formula is C24H31N5O3. The van der Waals surface area contributed by atoms with Crippen molar-refractivity contribution in [3.05, 3.63) is 54.1 Å². The van der Waals surface area contributed by atoms with Crippen LogP contribution in [0.15, 0.2) is 48.5 Å². The molecule has 3 rings (SSSR count). The second kappa shape index (κ2) is 11.0. The van der Waals surface area contributed by atoms with Crippen molar-refractivity contribution in [2.45, 2.75) is 58.8 Å². The maximum atomic E-state index is 12.0. The van der Waals surface area contributed by atoms with Crippen LogP contribution >= 0.6 is 0 Å². The molecule has 32 heavy (non-hydrogen) atoms. The van der Waals surface area contributed by atoms with Crippen molar-refractivity contribution in [1.82, 2.24) is 25.5 Å². The topological polar surface area (TPSA) is 115 Å². The number of aromatic amines is 1. The molecule has 0 fully saturated rings. The zero-order chi connectivity index (χ0) is 23.1. The third kappa shape index (κ3) is 5.57. The van der Waals surface area contributed by atoms with Gasteiger partial charge in [0.2, 0.25) is 0 Å². The molecule has 3 N–H and O–H groups in total. The van der Waals surface area contributed by atoms with Crippen LogP contribution in [-0.4, -0.2) is 54.0 Å². The van der Waals surface area contributed by atoms with Gasteiger partial charge in [-0.15, -0.1) is 5.10 Å². The minimum Gasteiger partial charge on any atom is -0.480 e. The summed E-state index contributed by atoms with van der Waals surface area (Å²) in [6.07, 6.45) is 1.52. The molecule has 0 aliphatic rings. The molecule has 2 atom stereocenters. The van der Waals surface area contributed by atoms with Crippen LogP contribution in [0.1, 0.15) is 45.6 Å². The monoisotopic (exact) mass is 437 g/mol. The number of unbranched alkanes of at least 4 members (excludes halogenated alkanes) is 1. The van der Waals surface area contributed by atoms with Gasteiger partial charge in [0.05, 0.1) is 0 Å². The average Bonchev–Trinajstić information content (AvgIpc) is 3.32. The molecule has 0 amide bonds. The molecule has 0 aliphatic carbocycles. The summed E-state index contributed by atoms with van der Waals surface area (Å²) in [5.74, 6) is -0.455. The zero-order valence-electron chi connectivity index (χ0n) is 18.8. The van der Waals surface area contributed by atoms with Gasteiger partial charge in [-0.2, -0.15) is 0 Å². The van der Waals surface area contributed by atoms with Crippen molar-refractivity contribution in [1.29, 1.82) is 0 Å². The van der Waals surface area contributed by atoms with Crippen LogP contribution in [0.2, 0.25) is 0 Å². The lowest BCUT2D eigenvalue weighted by molar-refractivity contribution is -0.152. The van der Waals surface area contributed by atoms with Gasteiger partial charge >= 0.3 is 5.97 Å². The van der Waals surface area contributed by atoms with Crippen molar-refractivity contribution < 1.29 is 15.0 Å². The molecule has 2 unspecified atom stereocenters. The molecule has 0 saturated carbocycles. The van der Waals surface area contributed by atoms with Crippen LogP contribution in [0.25, 0.3) is 22.5 Å². The number of benzene rings is 2. The quantitative estimate of drug-likeness (QED) is 0.389. The molecule has 3 aromatic rings. The fourth-order valence-electron chi connectivity index (χ4n) is 3.97. The Balaban J connectivity index is 1.86. The molecular weight excluding hydrogens is 406 g/mol. The number of hydrogen-bond donors (Lipinski definition) is 3. The van der Waals surface area contributed by atoms with Gasteiger partial charge in [0.25, 0.3) is 0 Å². The molecule has 0 spiro atoms. The van der Waals surface area contributed by atoms with E-state index >= 15 is 0 Å². The number of rotatable bonds is 11. The second-order valence-electron chi connectivity index (χ2n) is 8.31. The normalized spacial score (nSPS) is 13.4.